The van der Waals surface area contributed by atoms with Gasteiger partial charge in [-0.1, -0.05) is 0 Å². The molecule has 188 valence electrons. The van der Waals surface area contributed by atoms with E-state index in [0.717, 1.165) is 12.1 Å². The smallest absolute Gasteiger partial charge is 0.239 e. The Kier molecular flexibility index (Phi) is 6.38. The maximum atomic E-state index is 13.5. The van der Waals surface area contributed by atoms with Crippen LogP contribution in [0, 0.1) is 0 Å². The molecule has 2 heterocycles. The molecule has 3 aromatic rings. The maximum absolute atomic E-state index is 13.5. The maximum Gasteiger partial charge on any atom is 0.239 e. The third-order valence-corrected chi connectivity index (χ3v) is 5.70. The molecule has 0 amide bonds. The first kappa shape index (κ1) is 24.4. The summed E-state index contributed by atoms with van der Waals surface area (Å²) < 4.78 is 26.9. The lowest BCUT2D eigenvalue weighted by Crippen LogP contribution is -2.58. The van der Waals surface area contributed by atoms with E-state index in [-0.39, 0.29) is 33.8 Å². The lowest BCUT2D eigenvalue weighted by molar-refractivity contribution is -0.268. The van der Waals surface area contributed by atoms with Crippen LogP contribution in [0.2, 0.25) is 0 Å². The van der Waals surface area contributed by atoms with Gasteiger partial charge < -0.3 is 54.0 Å². The molecule has 6 N–H and O–H groups in total. The van der Waals surface area contributed by atoms with Gasteiger partial charge in [0.2, 0.25) is 23.2 Å². The van der Waals surface area contributed by atoms with Gasteiger partial charge in [0.1, 0.15) is 40.8 Å². The van der Waals surface area contributed by atoms with Crippen molar-refractivity contribution in [2.75, 3.05) is 14.2 Å². The van der Waals surface area contributed by atoms with E-state index in [9.17, 15) is 35.4 Å². The summed E-state index contributed by atoms with van der Waals surface area (Å²) in [6.07, 6.45) is -7.41. The van der Waals surface area contributed by atoms with Crippen LogP contribution in [0.1, 0.15) is 6.92 Å². The SMILES string of the molecule is COc1cc(O)c2c(=O)c(OC3OC(C)C(O)C(O)C3O)c(-c3cc(O)c(OC)c(O)c3)oc2c1. The molecule has 1 aliphatic rings. The molecule has 12 nitrogen and oxygen atoms in total. The molecule has 35 heavy (non-hydrogen) atoms. The van der Waals surface area contributed by atoms with Crippen molar-refractivity contribution in [2.24, 2.45) is 0 Å². The first-order valence-corrected chi connectivity index (χ1v) is 10.4. The minimum Gasteiger partial charge on any atom is -0.507 e. The van der Waals surface area contributed by atoms with Gasteiger partial charge >= 0.3 is 0 Å². The van der Waals surface area contributed by atoms with E-state index >= 15 is 0 Å². The van der Waals surface area contributed by atoms with E-state index in [4.69, 9.17) is 23.4 Å². The standard InChI is InChI=1S/C23H24O12/c1-8-16(27)18(29)19(30)23(33-8)35-22-17(28)15-11(24)6-10(31-2)7-14(15)34-20(22)9-4-12(25)21(32-3)13(26)5-9/h4-8,16,18-19,23-27,29-30H,1-3H3. The Morgan fingerprint density at radius 2 is 1.49 bits per heavy atom. The predicted octanol–water partition coefficient (Wildman–Crippen LogP) is 0.800. The van der Waals surface area contributed by atoms with Crippen LogP contribution in [-0.4, -0.2) is 75.6 Å². The molecule has 4 rings (SSSR count). The fraction of sp³-hybridized carbons (Fsp3) is 0.348. The van der Waals surface area contributed by atoms with Crippen LogP contribution < -0.4 is 19.6 Å². The third kappa shape index (κ3) is 4.17. The Balaban J connectivity index is 1.95. The zero-order valence-corrected chi connectivity index (χ0v) is 18.8. The number of hydrogen-bond acceptors (Lipinski definition) is 12. The van der Waals surface area contributed by atoms with E-state index in [2.05, 4.69) is 0 Å². The number of hydrogen-bond donors (Lipinski definition) is 6. The minimum absolute atomic E-state index is 0.0314. The van der Waals surface area contributed by atoms with E-state index in [1.165, 1.54) is 33.3 Å². The van der Waals surface area contributed by atoms with E-state index in [1.54, 1.807) is 0 Å². The number of fused-ring (bicyclic) bond motifs is 1. The molecular formula is C23H24O12. The highest BCUT2D eigenvalue weighted by atomic mass is 16.7. The second kappa shape index (κ2) is 9.15. The number of phenols is 3. The Bertz CT molecular complexity index is 1290. The van der Waals surface area contributed by atoms with Crippen molar-refractivity contribution in [1.82, 2.24) is 0 Å². The Morgan fingerprint density at radius 3 is 2.09 bits per heavy atom. The molecule has 12 heteroatoms. The Hall–Kier alpha value is -3.71. The van der Waals surface area contributed by atoms with Crippen LogP contribution in [0.5, 0.6) is 34.5 Å². The zero-order valence-electron chi connectivity index (χ0n) is 18.8. The van der Waals surface area contributed by atoms with Crippen LogP contribution in [0.15, 0.2) is 33.5 Å². The van der Waals surface area contributed by atoms with E-state index < -0.39 is 59.1 Å². The molecular weight excluding hydrogens is 468 g/mol. The average molecular weight is 492 g/mol. The number of rotatable bonds is 5. The molecule has 0 spiro atoms. The summed E-state index contributed by atoms with van der Waals surface area (Å²) in [4.78, 5) is 13.5. The van der Waals surface area contributed by atoms with Crippen molar-refractivity contribution in [3.05, 3.63) is 34.5 Å². The molecule has 5 atom stereocenters. The zero-order chi connectivity index (χ0) is 25.6. The largest absolute Gasteiger partial charge is 0.507 e. The van der Waals surface area contributed by atoms with Crippen LogP contribution >= 0.6 is 0 Å². The van der Waals surface area contributed by atoms with Crippen LogP contribution in [0.25, 0.3) is 22.3 Å². The van der Waals surface area contributed by atoms with E-state index in [1.807, 2.05) is 0 Å². The molecule has 5 unspecified atom stereocenters. The summed E-state index contributed by atoms with van der Waals surface area (Å²) in [5.74, 6) is -2.38. The molecule has 1 saturated heterocycles. The molecule has 1 fully saturated rings. The number of ether oxygens (including phenoxy) is 4. The summed E-state index contributed by atoms with van der Waals surface area (Å²) in [6, 6.07) is 4.78. The number of aliphatic hydroxyl groups excluding tert-OH is 3. The number of methoxy groups -OCH3 is 2. The topological polar surface area (TPSA) is 189 Å². The van der Waals surface area contributed by atoms with Crippen molar-refractivity contribution < 1.29 is 54.0 Å². The second-order valence-corrected chi connectivity index (χ2v) is 7.96. The van der Waals surface area contributed by atoms with Crippen molar-refractivity contribution >= 4 is 11.0 Å². The summed E-state index contributed by atoms with van der Waals surface area (Å²) in [6.45, 7) is 1.43. The lowest BCUT2D eigenvalue weighted by atomic mass is 10.00. The Morgan fingerprint density at radius 1 is 0.829 bits per heavy atom. The Labute approximate surface area is 197 Å². The summed E-state index contributed by atoms with van der Waals surface area (Å²) in [5.41, 5.74) is -1.03. The van der Waals surface area contributed by atoms with Gasteiger partial charge in [-0.25, -0.2) is 0 Å². The normalized spacial score (nSPS) is 24.3. The first-order chi connectivity index (χ1) is 16.6. The summed E-state index contributed by atoms with van der Waals surface area (Å²) in [7, 11) is 2.58. The van der Waals surface area contributed by atoms with Gasteiger partial charge in [-0.05, 0) is 19.1 Å². The highest BCUT2D eigenvalue weighted by molar-refractivity contribution is 5.88. The lowest BCUT2D eigenvalue weighted by Gasteiger charge is -2.38. The monoisotopic (exact) mass is 492 g/mol. The molecule has 0 radical (unpaired) electrons. The van der Waals surface area contributed by atoms with Gasteiger partial charge in [0.25, 0.3) is 0 Å². The third-order valence-electron chi connectivity index (χ3n) is 5.70. The van der Waals surface area contributed by atoms with Gasteiger partial charge in [0.15, 0.2) is 17.3 Å². The predicted molar refractivity (Wildman–Crippen MR) is 119 cm³/mol. The van der Waals surface area contributed by atoms with Crippen molar-refractivity contribution in [2.45, 2.75) is 37.6 Å². The molecule has 0 saturated carbocycles. The quantitative estimate of drug-likeness (QED) is 0.294. The van der Waals surface area contributed by atoms with Crippen LogP contribution in [0.4, 0.5) is 0 Å². The number of benzene rings is 2. The second-order valence-electron chi connectivity index (χ2n) is 7.96. The van der Waals surface area contributed by atoms with Crippen molar-refractivity contribution in [3.8, 4) is 45.8 Å². The molecule has 2 aromatic carbocycles. The first-order valence-electron chi connectivity index (χ1n) is 10.4. The molecule has 0 aliphatic carbocycles. The van der Waals surface area contributed by atoms with Crippen LogP contribution in [-0.2, 0) is 4.74 Å². The van der Waals surface area contributed by atoms with Gasteiger partial charge in [0, 0.05) is 17.7 Å². The van der Waals surface area contributed by atoms with Gasteiger partial charge in [-0.3, -0.25) is 4.79 Å². The van der Waals surface area contributed by atoms with Gasteiger partial charge in [0.05, 0.1) is 20.3 Å². The highest BCUT2D eigenvalue weighted by Gasteiger charge is 2.44. The number of aliphatic hydroxyl groups is 3. The van der Waals surface area contributed by atoms with Gasteiger partial charge in [-0.15, -0.1) is 0 Å². The molecule has 1 aliphatic heterocycles. The van der Waals surface area contributed by atoms with E-state index in [0.29, 0.717) is 0 Å². The van der Waals surface area contributed by atoms with Crippen molar-refractivity contribution in [1.29, 1.82) is 0 Å². The fourth-order valence-electron chi connectivity index (χ4n) is 3.84. The molecule has 0 bridgehead atoms. The van der Waals surface area contributed by atoms with Crippen LogP contribution in [0.3, 0.4) is 0 Å². The number of aromatic hydroxyl groups is 3. The number of phenolic OH excluding ortho intramolecular Hbond substituents is 3. The van der Waals surface area contributed by atoms with Crippen molar-refractivity contribution in [3.63, 3.8) is 0 Å². The summed E-state index contributed by atoms with van der Waals surface area (Å²) >= 11 is 0. The average Bonchev–Trinajstić information content (AvgIpc) is 2.81. The van der Waals surface area contributed by atoms with Gasteiger partial charge in [-0.2, -0.15) is 0 Å². The summed E-state index contributed by atoms with van der Waals surface area (Å²) in [5, 5.41) is 61.1. The minimum atomic E-state index is -1.76. The fourth-order valence-corrected chi connectivity index (χ4v) is 3.84. The molecule has 1 aromatic heterocycles. The highest BCUT2D eigenvalue weighted by Crippen LogP contribution is 2.43.